The average molecular weight is 412 g/mol. The van der Waals surface area contributed by atoms with Gasteiger partial charge in [0.15, 0.2) is 18.3 Å². The van der Waals surface area contributed by atoms with Crippen molar-refractivity contribution in [3.63, 3.8) is 0 Å². The Hall–Kier alpha value is -2.88. The average Bonchev–Trinajstić information content (AvgIpc) is 3.05. The number of carbonyl (C=O) groups is 2. The number of amides is 2. The molecule has 2 aromatic carbocycles. The van der Waals surface area contributed by atoms with Gasteiger partial charge >= 0.3 is 0 Å². The zero-order valence-electron chi connectivity index (χ0n) is 16.5. The lowest BCUT2D eigenvalue weighted by molar-refractivity contribution is -0.121. The summed E-state index contributed by atoms with van der Waals surface area (Å²) in [5, 5.41) is 12.6. The zero-order valence-corrected chi connectivity index (χ0v) is 17.2. The Kier molecular flexibility index (Phi) is 5.92. The smallest absolute Gasteiger partial charge is 0.276 e. The van der Waals surface area contributed by atoms with E-state index in [1.807, 2.05) is 24.3 Å². The van der Waals surface area contributed by atoms with E-state index in [9.17, 15) is 14.9 Å². The van der Waals surface area contributed by atoms with Gasteiger partial charge in [-0.25, -0.2) is 0 Å². The van der Waals surface area contributed by atoms with E-state index in [0.717, 1.165) is 16.8 Å². The van der Waals surface area contributed by atoms with Gasteiger partial charge in [-0.1, -0.05) is 36.7 Å². The third-order valence-electron chi connectivity index (χ3n) is 5.67. The monoisotopic (exact) mass is 411 g/mol. The summed E-state index contributed by atoms with van der Waals surface area (Å²) >= 11 is 6.56. The SMILES string of the molecule is CNC(=O)c1ccc(-c2ccc(Cl)c([N+]3(CC#N)C[C@@H](C)C[C@H]3C(N)=O)c2)cc1. The molecule has 0 aliphatic carbocycles. The Balaban J connectivity index is 2.09. The van der Waals surface area contributed by atoms with E-state index >= 15 is 0 Å². The summed E-state index contributed by atoms with van der Waals surface area (Å²) < 4.78 is 0.149. The predicted molar refractivity (Wildman–Crippen MR) is 114 cm³/mol. The van der Waals surface area contributed by atoms with Crippen LogP contribution in [0.1, 0.15) is 23.7 Å². The molecule has 3 N–H and O–H groups in total. The molecule has 0 bridgehead atoms. The van der Waals surface area contributed by atoms with Crippen LogP contribution in [0.4, 0.5) is 5.69 Å². The molecule has 29 heavy (non-hydrogen) atoms. The number of nitrogens with two attached hydrogens (primary N) is 1. The summed E-state index contributed by atoms with van der Waals surface area (Å²) in [4.78, 5) is 24.0. The molecular weight excluding hydrogens is 388 g/mol. The molecule has 6 nitrogen and oxygen atoms in total. The molecule has 0 radical (unpaired) electrons. The topological polar surface area (TPSA) is 96.0 Å². The van der Waals surface area contributed by atoms with Crippen LogP contribution in [0.5, 0.6) is 0 Å². The van der Waals surface area contributed by atoms with Gasteiger partial charge in [-0.3, -0.25) is 14.1 Å². The summed E-state index contributed by atoms with van der Waals surface area (Å²) in [5.74, 6) is -0.323. The zero-order chi connectivity index (χ0) is 21.2. The molecule has 1 aliphatic heterocycles. The molecule has 7 heteroatoms. The fourth-order valence-electron chi connectivity index (χ4n) is 4.34. The molecular formula is C22H24ClN4O2+. The maximum atomic E-state index is 12.2. The van der Waals surface area contributed by atoms with E-state index in [1.165, 1.54) is 0 Å². The quantitative estimate of drug-likeness (QED) is 0.584. The van der Waals surface area contributed by atoms with Crippen molar-refractivity contribution >= 4 is 29.1 Å². The number of halogens is 1. The molecule has 1 fully saturated rings. The number of hydrogen-bond donors (Lipinski definition) is 2. The Labute approximate surface area is 175 Å². The maximum Gasteiger partial charge on any atom is 0.276 e. The summed E-state index contributed by atoms with van der Waals surface area (Å²) in [7, 11) is 1.59. The largest absolute Gasteiger partial charge is 0.364 e. The molecule has 3 atom stereocenters. The van der Waals surface area contributed by atoms with Gasteiger partial charge in [0.1, 0.15) is 11.1 Å². The highest BCUT2D eigenvalue weighted by atomic mass is 35.5. The van der Waals surface area contributed by atoms with Crippen LogP contribution in [-0.2, 0) is 4.79 Å². The molecule has 150 valence electrons. The van der Waals surface area contributed by atoms with Crippen LogP contribution in [0.25, 0.3) is 11.1 Å². The van der Waals surface area contributed by atoms with E-state index in [1.54, 1.807) is 25.2 Å². The highest BCUT2D eigenvalue weighted by Gasteiger charge is 2.51. The molecule has 1 unspecified atom stereocenters. The van der Waals surface area contributed by atoms with Crippen molar-refractivity contribution in [1.82, 2.24) is 9.80 Å². The summed E-state index contributed by atoms with van der Waals surface area (Å²) in [6.45, 7) is 2.80. The minimum absolute atomic E-state index is 0.122. The Morgan fingerprint density at radius 1 is 1.24 bits per heavy atom. The minimum atomic E-state index is -0.493. The number of nitriles is 1. The minimum Gasteiger partial charge on any atom is -0.364 e. The van der Waals surface area contributed by atoms with Crippen molar-refractivity contribution in [1.29, 1.82) is 5.26 Å². The number of rotatable bonds is 5. The van der Waals surface area contributed by atoms with E-state index in [2.05, 4.69) is 18.3 Å². The Bertz CT molecular complexity index is 983. The van der Waals surface area contributed by atoms with Crippen molar-refractivity contribution in [3.8, 4) is 17.2 Å². The van der Waals surface area contributed by atoms with Crippen molar-refractivity contribution in [3.05, 3.63) is 53.1 Å². The van der Waals surface area contributed by atoms with Gasteiger partial charge in [-0.05, 0) is 29.3 Å². The second-order valence-electron chi connectivity index (χ2n) is 7.61. The molecule has 1 aliphatic rings. The Morgan fingerprint density at radius 2 is 1.90 bits per heavy atom. The maximum absolute atomic E-state index is 12.2. The van der Waals surface area contributed by atoms with Crippen molar-refractivity contribution in [2.45, 2.75) is 19.4 Å². The first kappa shape index (κ1) is 20.8. The van der Waals surface area contributed by atoms with Gasteiger partial charge in [0.2, 0.25) is 0 Å². The molecule has 1 saturated heterocycles. The number of nitrogens with zero attached hydrogens (tertiary/aromatic N) is 2. The number of quaternary nitrogens is 1. The third-order valence-corrected chi connectivity index (χ3v) is 5.99. The second-order valence-corrected chi connectivity index (χ2v) is 8.02. The summed E-state index contributed by atoms with van der Waals surface area (Å²) in [6.07, 6.45) is 0.623. The van der Waals surface area contributed by atoms with Gasteiger partial charge in [0, 0.05) is 31.0 Å². The number of benzene rings is 2. The van der Waals surface area contributed by atoms with E-state index < -0.39 is 11.9 Å². The van der Waals surface area contributed by atoms with Gasteiger partial charge in [0.05, 0.1) is 6.54 Å². The highest BCUT2D eigenvalue weighted by Crippen LogP contribution is 2.42. The molecule has 2 aromatic rings. The van der Waals surface area contributed by atoms with Gasteiger partial charge in [-0.2, -0.15) is 5.26 Å². The first-order chi connectivity index (χ1) is 13.8. The molecule has 0 saturated carbocycles. The van der Waals surface area contributed by atoms with Crippen LogP contribution in [-0.4, -0.2) is 38.0 Å². The lowest BCUT2D eigenvalue weighted by Gasteiger charge is -2.37. The number of nitrogens with one attached hydrogen (secondary N) is 1. The first-order valence-corrected chi connectivity index (χ1v) is 9.86. The summed E-state index contributed by atoms with van der Waals surface area (Å²) in [6, 6.07) is 14.6. The normalized spacial score (nSPS) is 23.4. The summed E-state index contributed by atoms with van der Waals surface area (Å²) in [5.41, 5.74) is 8.82. The van der Waals surface area contributed by atoms with Crippen molar-refractivity contribution < 1.29 is 9.59 Å². The second kappa shape index (κ2) is 8.24. The van der Waals surface area contributed by atoms with E-state index in [-0.39, 0.29) is 22.9 Å². The number of carbonyl (C=O) groups excluding carboxylic acids is 2. The van der Waals surface area contributed by atoms with Crippen LogP contribution in [0, 0.1) is 17.2 Å². The number of primary amides is 1. The standard InChI is InChI=1S/C22H23ClN4O2/c1-14-11-20(21(25)28)27(13-14,10-9-24)19-12-17(7-8-18(19)23)15-3-5-16(6-4-15)22(29)26-2/h3-8,12,14,20H,10-11,13H2,1-2H3,(H2-,25,26,28,29)/p+1/t14-,20-,27?/m0/s1. The van der Waals surface area contributed by atoms with E-state index in [0.29, 0.717) is 23.6 Å². The van der Waals surface area contributed by atoms with Crippen molar-refractivity contribution in [2.75, 3.05) is 20.1 Å². The third kappa shape index (κ3) is 3.84. The predicted octanol–water partition coefficient (Wildman–Crippen LogP) is 3.09. The van der Waals surface area contributed by atoms with Gasteiger partial charge in [-0.15, -0.1) is 0 Å². The van der Waals surface area contributed by atoms with E-state index in [4.69, 9.17) is 17.3 Å². The molecule has 1 heterocycles. The van der Waals surface area contributed by atoms with Crippen LogP contribution >= 0.6 is 11.6 Å². The van der Waals surface area contributed by atoms with Crippen LogP contribution in [0.3, 0.4) is 0 Å². The fraction of sp³-hybridized carbons (Fsp3) is 0.318. The number of likely N-dealkylation sites (tertiary alicyclic amines) is 1. The van der Waals surface area contributed by atoms with Crippen LogP contribution in [0.15, 0.2) is 42.5 Å². The van der Waals surface area contributed by atoms with Crippen LogP contribution < -0.4 is 15.5 Å². The fourth-order valence-corrected chi connectivity index (χ4v) is 4.63. The lowest BCUT2D eigenvalue weighted by Crippen LogP contribution is -2.58. The van der Waals surface area contributed by atoms with Gasteiger partial charge < -0.3 is 11.1 Å². The van der Waals surface area contributed by atoms with Gasteiger partial charge in [0.25, 0.3) is 11.8 Å². The first-order valence-electron chi connectivity index (χ1n) is 9.48. The highest BCUT2D eigenvalue weighted by molar-refractivity contribution is 6.33. The molecule has 3 rings (SSSR count). The lowest BCUT2D eigenvalue weighted by atomic mass is 10.0. The molecule has 0 aromatic heterocycles. The molecule has 0 spiro atoms. The van der Waals surface area contributed by atoms with Crippen molar-refractivity contribution in [2.24, 2.45) is 11.7 Å². The number of hydrogen-bond acceptors (Lipinski definition) is 3. The Morgan fingerprint density at radius 3 is 2.48 bits per heavy atom. The van der Waals surface area contributed by atoms with Crippen LogP contribution in [0.2, 0.25) is 5.02 Å². The molecule has 2 amide bonds.